The summed E-state index contributed by atoms with van der Waals surface area (Å²) < 4.78 is 36.6. The second kappa shape index (κ2) is 5.49. The molecule has 1 aliphatic heterocycles. The third kappa shape index (κ3) is 2.54. The Morgan fingerprint density at radius 1 is 1.17 bits per heavy atom. The molecule has 0 saturated carbocycles. The number of fused-ring (bicyclic) bond motifs is 1. The summed E-state index contributed by atoms with van der Waals surface area (Å²) >= 11 is 0. The molecule has 18 heavy (non-hydrogen) atoms. The van der Waals surface area contributed by atoms with E-state index in [9.17, 15) is 13.9 Å². The van der Waals surface area contributed by atoms with Crippen LogP contribution in [0.5, 0.6) is 11.5 Å². The first kappa shape index (κ1) is 13.0. The van der Waals surface area contributed by atoms with E-state index in [1.165, 1.54) is 12.1 Å². The molecule has 0 aliphatic carbocycles. The van der Waals surface area contributed by atoms with Gasteiger partial charge in [0.05, 0.1) is 19.3 Å². The molecule has 0 amide bonds. The molecular weight excluding hydrogens is 244 g/mol. The lowest BCUT2D eigenvalue weighted by atomic mass is 10.0. The Kier molecular flexibility index (Phi) is 3.98. The van der Waals surface area contributed by atoms with Crippen LogP contribution < -0.4 is 15.2 Å². The van der Waals surface area contributed by atoms with Gasteiger partial charge in [0.1, 0.15) is 0 Å². The number of nitrogens with two attached hydrogens (primary N) is 1. The molecule has 0 aromatic heterocycles. The average molecular weight is 259 g/mol. The molecule has 0 radical (unpaired) electrons. The minimum Gasteiger partial charge on any atom is -0.490 e. The van der Waals surface area contributed by atoms with E-state index < -0.39 is 12.5 Å². The fraction of sp³-hybridized carbons (Fsp3) is 0.500. The summed E-state index contributed by atoms with van der Waals surface area (Å²) in [5.74, 6) is 0.662. The van der Waals surface area contributed by atoms with Gasteiger partial charge in [-0.2, -0.15) is 0 Å². The van der Waals surface area contributed by atoms with E-state index in [2.05, 4.69) is 0 Å². The molecule has 3 N–H and O–H groups in total. The maximum Gasteiger partial charge on any atom is 0.264 e. The number of hydrogen-bond acceptors (Lipinski definition) is 4. The van der Waals surface area contributed by atoms with Crippen LogP contribution in [0.2, 0.25) is 0 Å². The highest BCUT2D eigenvalue weighted by Gasteiger charge is 2.23. The summed E-state index contributed by atoms with van der Waals surface area (Å²) in [4.78, 5) is 0. The number of hydrogen-bond donors (Lipinski definition) is 2. The van der Waals surface area contributed by atoms with E-state index in [0.717, 1.165) is 0 Å². The number of benzene rings is 1. The van der Waals surface area contributed by atoms with Gasteiger partial charge in [-0.15, -0.1) is 0 Å². The zero-order valence-corrected chi connectivity index (χ0v) is 9.73. The van der Waals surface area contributed by atoms with Crippen molar-refractivity contribution in [3.63, 3.8) is 0 Å². The second-order valence-electron chi connectivity index (χ2n) is 4.03. The van der Waals surface area contributed by atoms with Gasteiger partial charge in [0.2, 0.25) is 0 Å². The van der Waals surface area contributed by atoms with Gasteiger partial charge in [-0.05, 0) is 17.7 Å². The number of aliphatic hydroxyl groups excluding tert-OH is 1. The van der Waals surface area contributed by atoms with Gasteiger partial charge in [-0.1, -0.05) is 0 Å². The van der Waals surface area contributed by atoms with Gasteiger partial charge in [-0.25, -0.2) is 8.78 Å². The van der Waals surface area contributed by atoms with Crippen LogP contribution in [0.1, 0.15) is 30.1 Å². The molecule has 1 aliphatic rings. The highest BCUT2D eigenvalue weighted by molar-refractivity contribution is 5.49. The average Bonchev–Trinajstić information content (AvgIpc) is 2.60. The summed E-state index contributed by atoms with van der Waals surface area (Å²) in [6.07, 6.45) is -3.14. The Morgan fingerprint density at radius 2 is 1.72 bits per heavy atom. The molecule has 0 fully saturated rings. The Hall–Kier alpha value is -1.40. The lowest BCUT2D eigenvalue weighted by molar-refractivity contribution is 0.137. The highest BCUT2D eigenvalue weighted by Crippen LogP contribution is 2.38. The molecule has 0 saturated heterocycles. The molecule has 1 atom stereocenters. The number of ether oxygens (including phenoxy) is 2. The highest BCUT2D eigenvalue weighted by atomic mass is 19.3. The van der Waals surface area contributed by atoms with Gasteiger partial charge in [0, 0.05) is 18.5 Å². The third-order valence-electron chi connectivity index (χ3n) is 2.77. The topological polar surface area (TPSA) is 64.7 Å². The molecule has 100 valence electrons. The summed E-state index contributed by atoms with van der Waals surface area (Å²) in [5, 5.41) is 9.68. The molecule has 6 heteroatoms. The molecule has 0 spiro atoms. The number of alkyl halides is 2. The van der Waals surface area contributed by atoms with Crippen molar-refractivity contribution in [2.45, 2.75) is 19.0 Å². The van der Waals surface area contributed by atoms with E-state index in [-0.39, 0.29) is 23.4 Å². The first-order valence-corrected chi connectivity index (χ1v) is 5.73. The van der Waals surface area contributed by atoms with Gasteiger partial charge in [0.15, 0.2) is 11.5 Å². The van der Waals surface area contributed by atoms with Crippen molar-refractivity contribution in [3.8, 4) is 11.5 Å². The third-order valence-corrected chi connectivity index (χ3v) is 2.77. The monoisotopic (exact) mass is 259 g/mol. The van der Waals surface area contributed by atoms with Crippen molar-refractivity contribution in [3.05, 3.63) is 23.3 Å². The van der Waals surface area contributed by atoms with E-state index in [0.29, 0.717) is 25.4 Å². The van der Waals surface area contributed by atoms with Gasteiger partial charge >= 0.3 is 0 Å². The van der Waals surface area contributed by atoms with Crippen LogP contribution in [0.4, 0.5) is 8.78 Å². The fourth-order valence-electron chi connectivity index (χ4n) is 1.84. The predicted molar refractivity (Wildman–Crippen MR) is 61.0 cm³/mol. The Labute approximate surface area is 103 Å². The van der Waals surface area contributed by atoms with Crippen LogP contribution >= 0.6 is 0 Å². The van der Waals surface area contributed by atoms with Crippen molar-refractivity contribution in [1.82, 2.24) is 0 Å². The molecule has 0 bridgehead atoms. The predicted octanol–water partition coefficient (Wildman–Crippen LogP) is 1.78. The number of aliphatic hydroxyl groups is 1. The maximum absolute atomic E-state index is 12.9. The summed E-state index contributed by atoms with van der Waals surface area (Å²) in [6, 6.07) is 2.61. The Balaban J connectivity index is 2.47. The van der Waals surface area contributed by atoms with E-state index >= 15 is 0 Å². The van der Waals surface area contributed by atoms with Crippen molar-refractivity contribution < 1.29 is 23.4 Å². The van der Waals surface area contributed by atoms with Gasteiger partial charge < -0.3 is 20.3 Å². The van der Waals surface area contributed by atoms with E-state index in [4.69, 9.17) is 15.2 Å². The van der Waals surface area contributed by atoms with Crippen molar-refractivity contribution in [1.29, 1.82) is 0 Å². The molecular formula is C12H15F2NO3. The smallest absolute Gasteiger partial charge is 0.264 e. The van der Waals surface area contributed by atoms with Crippen molar-refractivity contribution in [2.24, 2.45) is 5.73 Å². The fourth-order valence-corrected chi connectivity index (χ4v) is 1.84. The molecule has 1 heterocycles. The van der Waals surface area contributed by atoms with E-state index in [1.54, 1.807) is 0 Å². The first-order chi connectivity index (χ1) is 8.63. The quantitative estimate of drug-likeness (QED) is 0.868. The van der Waals surface area contributed by atoms with E-state index in [1.807, 2.05) is 0 Å². The molecule has 4 nitrogen and oxygen atoms in total. The minimum absolute atomic E-state index is 0.0942. The van der Waals surface area contributed by atoms with Crippen LogP contribution in [0.25, 0.3) is 0 Å². The molecule has 1 aromatic rings. The summed E-state index contributed by atoms with van der Waals surface area (Å²) in [6.45, 7) is 0.757. The molecule has 2 rings (SSSR count). The standard InChI is InChI=1S/C12H15F2NO3/c13-12(14)8-5-11-10(17-2-1-3-18-11)4-7(8)9(16)6-15/h4-5,9,12,16H,1-3,6,15H2. The SMILES string of the molecule is NCC(O)c1cc2c(cc1C(F)F)OCCCO2. The first-order valence-electron chi connectivity index (χ1n) is 5.73. The van der Waals surface area contributed by atoms with Crippen LogP contribution in [-0.2, 0) is 0 Å². The zero-order valence-electron chi connectivity index (χ0n) is 9.73. The van der Waals surface area contributed by atoms with Gasteiger partial charge in [0.25, 0.3) is 6.43 Å². The zero-order chi connectivity index (χ0) is 13.1. The molecule has 1 unspecified atom stereocenters. The van der Waals surface area contributed by atoms with Crippen LogP contribution in [-0.4, -0.2) is 24.9 Å². The van der Waals surface area contributed by atoms with Gasteiger partial charge in [-0.3, -0.25) is 0 Å². The Morgan fingerprint density at radius 3 is 2.22 bits per heavy atom. The second-order valence-corrected chi connectivity index (χ2v) is 4.03. The minimum atomic E-state index is -2.70. The number of rotatable bonds is 3. The Bertz CT molecular complexity index is 426. The summed E-state index contributed by atoms with van der Waals surface area (Å²) in [7, 11) is 0. The van der Waals surface area contributed by atoms with Crippen molar-refractivity contribution in [2.75, 3.05) is 19.8 Å². The number of halogens is 2. The maximum atomic E-state index is 12.9. The molecule has 1 aromatic carbocycles. The normalized spacial score (nSPS) is 16.5. The largest absolute Gasteiger partial charge is 0.490 e. The lowest BCUT2D eigenvalue weighted by Crippen LogP contribution is -2.14. The van der Waals surface area contributed by atoms with Crippen LogP contribution in [0.3, 0.4) is 0 Å². The summed E-state index contributed by atoms with van der Waals surface area (Å²) in [5.41, 5.74) is 5.14. The van der Waals surface area contributed by atoms with Crippen LogP contribution in [0, 0.1) is 0 Å². The van der Waals surface area contributed by atoms with Crippen LogP contribution in [0.15, 0.2) is 12.1 Å². The lowest BCUT2D eigenvalue weighted by Gasteiger charge is -2.17. The van der Waals surface area contributed by atoms with Crippen molar-refractivity contribution >= 4 is 0 Å².